The van der Waals surface area contributed by atoms with Gasteiger partial charge in [0.05, 0.1) is 28.9 Å². The molecule has 0 spiro atoms. The lowest BCUT2D eigenvalue weighted by molar-refractivity contribution is -0.134. The van der Waals surface area contributed by atoms with E-state index in [0.29, 0.717) is 31.4 Å². The van der Waals surface area contributed by atoms with Crippen molar-refractivity contribution in [2.45, 2.75) is 16.4 Å². The summed E-state index contributed by atoms with van der Waals surface area (Å²) in [6.45, 7) is 4.56. The molecule has 94 valence electrons. The number of carbonyl (C=O) groups is 1. The molecule has 1 aromatic rings. The second-order valence-electron chi connectivity index (χ2n) is 3.72. The van der Waals surface area contributed by atoms with Crippen LogP contribution >= 0.6 is 23.1 Å². The summed E-state index contributed by atoms with van der Waals surface area (Å²) in [4.78, 5) is 17.9. The minimum Gasteiger partial charge on any atom is -0.378 e. The molecule has 2 rings (SSSR count). The van der Waals surface area contributed by atoms with Crippen molar-refractivity contribution < 1.29 is 9.53 Å². The fourth-order valence-corrected chi connectivity index (χ4v) is 3.60. The van der Waals surface area contributed by atoms with Crippen molar-refractivity contribution in [3.8, 4) is 0 Å². The van der Waals surface area contributed by atoms with E-state index in [1.54, 1.807) is 6.20 Å². The molecule has 1 aliphatic rings. The van der Waals surface area contributed by atoms with Crippen LogP contribution in [0.4, 0.5) is 5.13 Å². The van der Waals surface area contributed by atoms with Crippen molar-refractivity contribution in [2.75, 3.05) is 32.0 Å². The topological polar surface area (TPSA) is 68.5 Å². The lowest BCUT2D eigenvalue weighted by Crippen LogP contribution is -2.44. The molecule has 17 heavy (non-hydrogen) atoms. The Labute approximate surface area is 108 Å². The summed E-state index contributed by atoms with van der Waals surface area (Å²) < 4.78 is 6.21. The van der Waals surface area contributed by atoms with Gasteiger partial charge in [-0.1, -0.05) is 11.3 Å². The molecule has 1 fully saturated rings. The van der Waals surface area contributed by atoms with Gasteiger partial charge >= 0.3 is 0 Å². The summed E-state index contributed by atoms with van der Waals surface area (Å²) in [5.74, 6) is 0.158. The molecule has 1 aliphatic heterocycles. The number of rotatable bonds is 3. The van der Waals surface area contributed by atoms with Crippen molar-refractivity contribution in [1.82, 2.24) is 9.88 Å². The second-order valence-corrected chi connectivity index (χ2v) is 6.42. The zero-order chi connectivity index (χ0) is 12.3. The van der Waals surface area contributed by atoms with E-state index in [2.05, 4.69) is 4.98 Å². The van der Waals surface area contributed by atoms with Gasteiger partial charge in [-0.05, 0) is 6.92 Å². The van der Waals surface area contributed by atoms with Crippen molar-refractivity contribution >= 4 is 34.1 Å². The lowest BCUT2D eigenvalue weighted by atomic mass is 10.3. The summed E-state index contributed by atoms with van der Waals surface area (Å²) in [5.41, 5.74) is 5.56. The molecule has 2 N–H and O–H groups in total. The van der Waals surface area contributed by atoms with Crippen LogP contribution < -0.4 is 5.73 Å². The number of thiazole rings is 1. The Kier molecular flexibility index (Phi) is 4.25. The van der Waals surface area contributed by atoms with Crippen LogP contribution in [0.5, 0.6) is 0 Å². The summed E-state index contributed by atoms with van der Waals surface area (Å²) >= 11 is 2.92. The fraction of sp³-hybridized carbons (Fsp3) is 0.600. The fourth-order valence-electron chi connectivity index (χ4n) is 1.59. The van der Waals surface area contributed by atoms with Gasteiger partial charge in [0.2, 0.25) is 5.91 Å². The smallest absolute Gasteiger partial charge is 0.235 e. The highest BCUT2D eigenvalue weighted by Gasteiger charge is 2.23. The second kappa shape index (κ2) is 5.70. The van der Waals surface area contributed by atoms with Crippen LogP contribution in [0.1, 0.15) is 6.92 Å². The summed E-state index contributed by atoms with van der Waals surface area (Å²) in [7, 11) is 0. The molecule has 7 heteroatoms. The number of amides is 1. The van der Waals surface area contributed by atoms with Gasteiger partial charge in [0, 0.05) is 13.1 Å². The maximum absolute atomic E-state index is 12.1. The molecule has 0 radical (unpaired) electrons. The van der Waals surface area contributed by atoms with Crippen LogP contribution in [0.2, 0.25) is 0 Å². The molecular weight excluding hydrogens is 258 g/mol. The van der Waals surface area contributed by atoms with Gasteiger partial charge in [-0.25, -0.2) is 4.98 Å². The van der Waals surface area contributed by atoms with Gasteiger partial charge < -0.3 is 15.4 Å². The molecule has 0 bridgehead atoms. The summed E-state index contributed by atoms with van der Waals surface area (Å²) in [5, 5.41) is 0.437. The van der Waals surface area contributed by atoms with Crippen molar-refractivity contribution in [2.24, 2.45) is 0 Å². The molecule has 1 aromatic heterocycles. The zero-order valence-corrected chi connectivity index (χ0v) is 11.2. The van der Waals surface area contributed by atoms with E-state index in [9.17, 15) is 4.79 Å². The van der Waals surface area contributed by atoms with Gasteiger partial charge in [0.25, 0.3) is 0 Å². The first-order valence-electron chi connectivity index (χ1n) is 5.41. The number of thioether (sulfide) groups is 1. The standard InChI is InChI=1S/C10H15N3O2S2/c1-7(16-8-6-12-10(11)17-8)9(14)13-2-4-15-5-3-13/h6-7H,2-5H2,1H3,(H2,11,12). The molecular formula is C10H15N3O2S2. The van der Waals surface area contributed by atoms with E-state index >= 15 is 0 Å². The van der Waals surface area contributed by atoms with E-state index in [-0.39, 0.29) is 11.2 Å². The van der Waals surface area contributed by atoms with E-state index in [4.69, 9.17) is 10.5 Å². The third-order valence-corrected chi connectivity index (χ3v) is 4.52. The van der Waals surface area contributed by atoms with Crippen LogP contribution in [0.3, 0.4) is 0 Å². The molecule has 1 saturated heterocycles. The van der Waals surface area contributed by atoms with Crippen LogP contribution in [0.15, 0.2) is 10.4 Å². The molecule has 2 heterocycles. The first-order chi connectivity index (χ1) is 8.16. The van der Waals surface area contributed by atoms with Gasteiger partial charge in [0.1, 0.15) is 0 Å². The Balaban J connectivity index is 1.90. The molecule has 1 unspecified atom stereocenters. The third-order valence-electron chi connectivity index (χ3n) is 2.47. The number of nitrogens with zero attached hydrogens (tertiary/aromatic N) is 2. The predicted octanol–water partition coefficient (Wildman–Crippen LogP) is 1.06. The van der Waals surface area contributed by atoms with Crippen molar-refractivity contribution in [1.29, 1.82) is 0 Å². The van der Waals surface area contributed by atoms with E-state index in [0.717, 1.165) is 4.21 Å². The molecule has 0 saturated carbocycles. The highest BCUT2D eigenvalue weighted by atomic mass is 32.2. The zero-order valence-electron chi connectivity index (χ0n) is 9.59. The predicted molar refractivity (Wildman–Crippen MR) is 69.2 cm³/mol. The average Bonchev–Trinajstić information content (AvgIpc) is 2.75. The van der Waals surface area contributed by atoms with Crippen LogP contribution in [0.25, 0.3) is 0 Å². The SMILES string of the molecule is CC(Sc1cnc(N)s1)C(=O)N1CCOCC1. The Bertz CT molecular complexity index is 391. The number of hydrogen-bond donors (Lipinski definition) is 1. The monoisotopic (exact) mass is 273 g/mol. The number of nitrogens with two attached hydrogens (primary N) is 1. The minimum absolute atomic E-state index is 0.104. The van der Waals surface area contributed by atoms with Crippen molar-refractivity contribution in [3.05, 3.63) is 6.20 Å². The van der Waals surface area contributed by atoms with Crippen LogP contribution in [-0.2, 0) is 9.53 Å². The van der Waals surface area contributed by atoms with E-state index in [1.165, 1.54) is 23.1 Å². The molecule has 5 nitrogen and oxygen atoms in total. The maximum atomic E-state index is 12.1. The average molecular weight is 273 g/mol. The largest absolute Gasteiger partial charge is 0.378 e. The normalized spacial score (nSPS) is 18.1. The van der Waals surface area contributed by atoms with Gasteiger partial charge in [0.15, 0.2) is 5.13 Å². The van der Waals surface area contributed by atoms with Gasteiger partial charge in [-0.3, -0.25) is 4.79 Å². The van der Waals surface area contributed by atoms with E-state index < -0.39 is 0 Å². The van der Waals surface area contributed by atoms with Crippen LogP contribution in [-0.4, -0.2) is 47.3 Å². The maximum Gasteiger partial charge on any atom is 0.235 e. The number of aromatic nitrogens is 1. The number of hydrogen-bond acceptors (Lipinski definition) is 6. The Hall–Kier alpha value is -0.790. The summed E-state index contributed by atoms with van der Waals surface area (Å²) in [6.07, 6.45) is 1.72. The summed E-state index contributed by atoms with van der Waals surface area (Å²) in [6, 6.07) is 0. The Morgan fingerprint density at radius 3 is 2.94 bits per heavy atom. The third kappa shape index (κ3) is 3.34. The number of carbonyl (C=O) groups excluding carboxylic acids is 1. The first-order valence-corrected chi connectivity index (χ1v) is 7.11. The van der Waals surface area contributed by atoms with E-state index in [1.807, 2.05) is 11.8 Å². The highest BCUT2D eigenvalue weighted by Crippen LogP contribution is 2.30. The highest BCUT2D eigenvalue weighted by molar-refractivity contribution is 8.02. The Morgan fingerprint density at radius 1 is 1.65 bits per heavy atom. The van der Waals surface area contributed by atoms with Gasteiger partial charge in [-0.15, -0.1) is 11.8 Å². The van der Waals surface area contributed by atoms with Gasteiger partial charge in [-0.2, -0.15) is 0 Å². The lowest BCUT2D eigenvalue weighted by Gasteiger charge is -2.28. The molecule has 1 amide bonds. The molecule has 0 aliphatic carbocycles. The minimum atomic E-state index is -0.104. The van der Waals surface area contributed by atoms with Crippen molar-refractivity contribution in [3.63, 3.8) is 0 Å². The number of nitrogen functional groups attached to an aromatic ring is 1. The quantitative estimate of drug-likeness (QED) is 0.834. The Morgan fingerprint density at radius 2 is 2.35 bits per heavy atom. The number of morpholine rings is 1. The molecule has 1 atom stereocenters. The number of ether oxygens (including phenoxy) is 1. The first kappa shape index (κ1) is 12.7. The number of anilines is 1. The van der Waals surface area contributed by atoms with Crippen LogP contribution in [0, 0.1) is 0 Å². The molecule has 0 aromatic carbocycles.